The van der Waals surface area contributed by atoms with Crippen LogP contribution in [0.3, 0.4) is 0 Å². The van der Waals surface area contributed by atoms with E-state index in [2.05, 4.69) is 44.1 Å². The molecule has 35 heavy (non-hydrogen) atoms. The summed E-state index contributed by atoms with van der Waals surface area (Å²) in [5.74, 6) is 0.0956. The highest BCUT2D eigenvalue weighted by molar-refractivity contribution is 9.10. The van der Waals surface area contributed by atoms with Crippen LogP contribution < -0.4 is 5.06 Å². The molecule has 3 aromatic rings. The standard InChI is InChI=1S/C26H21BrClN6O/c27-20-13-19-2-1-18-14-21(28)3-4-23(18)24(25(19)31-15-20)17-7-11-33(12-8-17)26(32-16-29)34(35)22-5-9-30-10-6-22/h3-6,9-10,13-15H,1-2,7-8,11-12H2/q-1. The first kappa shape index (κ1) is 23.5. The number of hydrogen-bond donors (Lipinski definition) is 0. The average Bonchev–Trinajstić information content (AvgIpc) is 3.04. The summed E-state index contributed by atoms with van der Waals surface area (Å²) >= 11 is 9.91. The quantitative estimate of drug-likeness (QED) is 0.167. The van der Waals surface area contributed by atoms with E-state index in [1.807, 2.05) is 17.2 Å². The van der Waals surface area contributed by atoms with Gasteiger partial charge in [0.1, 0.15) is 0 Å². The SMILES string of the molecule is N#CN=C(N1CCC(=C2c3ccc(Cl)cc3CCc3cc(Br)cnc32)CC1)N([O-])c1ccncc1. The van der Waals surface area contributed by atoms with Gasteiger partial charge < -0.3 is 15.2 Å². The second-order valence-electron chi connectivity index (χ2n) is 8.44. The number of aliphatic imine (C=N–C) groups is 1. The molecule has 0 bridgehead atoms. The summed E-state index contributed by atoms with van der Waals surface area (Å²) in [4.78, 5) is 14.5. The van der Waals surface area contributed by atoms with Crippen molar-refractivity contribution in [1.82, 2.24) is 14.9 Å². The lowest BCUT2D eigenvalue weighted by Crippen LogP contribution is -2.44. The Labute approximate surface area is 217 Å². The van der Waals surface area contributed by atoms with Crippen molar-refractivity contribution in [1.29, 1.82) is 5.26 Å². The summed E-state index contributed by atoms with van der Waals surface area (Å²) in [7, 11) is 0. The van der Waals surface area contributed by atoms with Gasteiger partial charge in [-0.15, -0.1) is 4.99 Å². The molecule has 0 amide bonds. The molecule has 0 spiro atoms. The minimum Gasteiger partial charge on any atom is -0.752 e. The first-order valence-corrected chi connectivity index (χ1v) is 12.5. The van der Waals surface area contributed by atoms with E-state index in [4.69, 9.17) is 16.6 Å². The highest BCUT2D eigenvalue weighted by atomic mass is 79.9. The molecule has 1 fully saturated rings. The fraction of sp³-hybridized carbons (Fsp3) is 0.231. The van der Waals surface area contributed by atoms with Crippen molar-refractivity contribution in [2.75, 3.05) is 18.2 Å². The molecule has 1 saturated heterocycles. The van der Waals surface area contributed by atoms with Crippen LogP contribution in [0.25, 0.3) is 5.57 Å². The second-order valence-corrected chi connectivity index (χ2v) is 9.79. The summed E-state index contributed by atoms with van der Waals surface area (Å²) in [5.41, 5.74) is 7.41. The fourth-order valence-electron chi connectivity index (χ4n) is 4.78. The van der Waals surface area contributed by atoms with Crippen molar-refractivity contribution in [3.63, 3.8) is 0 Å². The van der Waals surface area contributed by atoms with Crippen LogP contribution in [0.2, 0.25) is 5.02 Å². The lowest BCUT2D eigenvalue weighted by Gasteiger charge is -2.40. The van der Waals surface area contributed by atoms with E-state index in [9.17, 15) is 10.5 Å². The van der Waals surface area contributed by atoms with Gasteiger partial charge in [-0.1, -0.05) is 23.2 Å². The van der Waals surface area contributed by atoms with Crippen molar-refractivity contribution >= 4 is 44.8 Å². The summed E-state index contributed by atoms with van der Waals surface area (Å²) in [6.07, 6.45) is 9.94. The summed E-state index contributed by atoms with van der Waals surface area (Å²) < 4.78 is 0.961. The van der Waals surface area contributed by atoms with E-state index in [0.29, 0.717) is 23.8 Å². The van der Waals surface area contributed by atoms with Crippen molar-refractivity contribution in [3.8, 4) is 6.19 Å². The summed E-state index contributed by atoms with van der Waals surface area (Å²) in [5, 5.41) is 23.6. The van der Waals surface area contributed by atoms with Gasteiger partial charge in [0.15, 0.2) is 0 Å². The minimum absolute atomic E-state index is 0.0956. The smallest absolute Gasteiger partial charge is 0.209 e. The number of fused-ring (bicyclic) bond motifs is 2. The lowest BCUT2D eigenvalue weighted by molar-refractivity contribution is 0.384. The number of halogens is 2. The molecule has 5 rings (SSSR count). The highest BCUT2D eigenvalue weighted by Gasteiger charge is 2.27. The van der Waals surface area contributed by atoms with Gasteiger partial charge in [-0.3, -0.25) is 9.97 Å². The molecular weight excluding hydrogens is 528 g/mol. The number of hydrogen-bond acceptors (Lipinski definition) is 5. The summed E-state index contributed by atoms with van der Waals surface area (Å²) in [6, 6.07) is 11.4. The maximum atomic E-state index is 13.0. The van der Waals surface area contributed by atoms with Crippen LogP contribution in [0.15, 0.2) is 70.0 Å². The molecular formula is C26H21BrClN6O-. The Hall–Kier alpha value is -3.25. The number of hydroxylamine groups is 1. The van der Waals surface area contributed by atoms with Gasteiger partial charge in [0.05, 0.1) is 5.69 Å². The lowest BCUT2D eigenvalue weighted by atomic mass is 9.88. The van der Waals surface area contributed by atoms with Gasteiger partial charge >= 0.3 is 0 Å². The Morgan fingerprint density at radius 1 is 1.09 bits per heavy atom. The largest absolute Gasteiger partial charge is 0.752 e. The first-order valence-electron chi connectivity index (χ1n) is 11.3. The zero-order chi connectivity index (χ0) is 24.4. The average molecular weight is 549 g/mol. The molecule has 9 heteroatoms. The van der Waals surface area contributed by atoms with Gasteiger partial charge in [-0.05, 0) is 88.6 Å². The number of nitrogens with zero attached hydrogens (tertiary/aromatic N) is 6. The molecule has 176 valence electrons. The zero-order valence-corrected chi connectivity index (χ0v) is 21.1. The number of nitriles is 1. The number of benzene rings is 1. The normalized spacial score (nSPS) is 15.7. The third-order valence-electron chi connectivity index (χ3n) is 6.40. The van der Waals surface area contributed by atoms with E-state index >= 15 is 0 Å². The van der Waals surface area contributed by atoms with Crippen LogP contribution in [0.5, 0.6) is 0 Å². The number of rotatable bonds is 1. The van der Waals surface area contributed by atoms with Crippen molar-refractivity contribution in [2.45, 2.75) is 25.7 Å². The van der Waals surface area contributed by atoms with Crippen LogP contribution >= 0.6 is 27.5 Å². The van der Waals surface area contributed by atoms with Crippen LogP contribution in [0.1, 0.15) is 35.2 Å². The maximum absolute atomic E-state index is 13.0. The number of piperidine rings is 1. The Kier molecular flexibility index (Phi) is 6.82. The van der Waals surface area contributed by atoms with Crippen molar-refractivity contribution < 1.29 is 0 Å². The van der Waals surface area contributed by atoms with Crippen LogP contribution in [-0.4, -0.2) is 33.9 Å². The third kappa shape index (κ3) is 4.80. The Morgan fingerprint density at radius 3 is 2.57 bits per heavy atom. The monoisotopic (exact) mass is 547 g/mol. The zero-order valence-electron chi connectivity index (χ0n) is 18.8. The van der Waals surface area contributed by atoms with Crippen LogP contribution in [0.4, 0.5) is 5.69 Å². The van der Waals surface area contributed by atoms with Gasteiger partial charge in [0, 0.05) is 52.4 Å². The molecule has 1 aromatic carbocycles. The van der Waals surface area contributed by atoms with E-state index in [1.54, 1.807) is 30.7 Å². The number of likely N-dealkylation sites (tertiary alicyclic amines) is 1. The predicted molar refractivity (Wildman–Crippen MR) is 141 cm³/mol. The predicted octanol–water partition coefficient (Wildman–Crippen LogP) is 5.73. The number of aryl methyl sites for hydroxylation is 2. The molecule has 2 aliphatic rings. The van der Waals surface area contributed by atoms with E-state index in [0.717, 1.165) is 46.4 Å². The molecule has 0 radical (unpaired) electrons. The molecule has 0 saturated carbocycles. The number of pyridine rings is 2. The van der Waals surface area contributed by atoms with Gasteiger partial charge in [-0.2, -0.15) is 5.26 Å². The van der Waals surface area contributed by atoms with Crippen molar-refractivity contribution in [2.24, 2.45) is 4.99 Å². The molecule has 7 nitrogen and oxygen atoms in total. The maximum Gasteiger partial charge on any atom is 0.209 e. The fourth-order valence-corrected chi connectivity index (χ4v) is 5.35. The van der Waals surface area contributed by atoms with E-state index in [-0.39, 0.29) is 5.96 Å². The Balaban J connectivity index is 1.50. The van der Waals surface area contributed by atoms with Gasteiger partial charge in [0.2, 0.25) is 12.2 Å². The van der Waals surface area contributed by atoms with Gasteiger partial charge in [0.25, 0.3) is 0 Å². The molecule has 0 unspecified atom stereocenters. The topological polar surface area (TPSA) is 91.5 Å². The highest BCUT2D eigenvalue weighted by Crippen LogP contribution is 2.39. The van der Waals surface area contributed by atoms with E-state index < -0.39 is 0 Å². The van der Waals surface area contributed by atoms with Gasteiger partial charge in [-0.25, -0.2) is 0 Å². The molecule has 1 aliphatic heterocycles. The first-order chi connectivity index (χ1) is 17.0. The Bertz CT molecular complexity index is 1300. The van der Waals surface area contributed by atoms with Crippen LogP contribution in [0, 0.1) is 16.7 Å². The molecule has 2 aromatic heterocycles. The molecule has 0 N–H and O–H groups in total. The number of guanidine groups is 1. The minimum atomic E-state index is 0.0956. The molecule has 0 atom stereocenters. The number of aromatic nitrogens is 2. The van der Waals surface area contributed by atoms with Crippen molar-refractivity contribution in [3.05, 3.63) is 97.6 Å². The number of anilines is 1. The Morgan fingerprint density at radius 2 is 1.83 bits per heavy atom. The van der Waals surface area contributed by atoms with E-state index in [1.165, 1.54) is 22.3 Å². The second kappa shape index (κ2) is 10.2. The third-order valence-corrected chi connectivity index (χ3v) is 7.07. The molecule has 3 heterocycles. The van der Waals surface area contributed by atoms with Crippen LogP contribution in [-0.2, 0) is 12.8 Å². The summed E-state index contributed by atoms with van der Waals surface area (Å²) in [6.45, 7) is 1.13. The molecule has 1 aliphatic carbocycles.